The van der Waals surface area contributed by atoms with Gasteiger partial charge in [-0.25, -0.2) is 0 Å². The van der Waals surface area contributed by atoms with Crippen LogP contribution in [0.3, 0.4) is 0 Å². The summed E-state index contributed by atoms with van der Waals surface area (Å²) in [4.78, 5) is 0. The van der Waals surface area contributed by atoms with Gasteiger partial charge in [-0.05, 0) is 48.9 Å². The van der Waals surface area contributed by atoms with E-state index in [-0.39, 0.29) is 0 Å². The molecule has 0 aromatic heterocycles. The molecule has 1 aliphatic heterocycles. The number of fused-ring (bicyclic) bond motifs is 2. The molecule has 1 heterocycles. The number of hydrogen-bond donors (Lipinski definition) is 0. The number of rotatable bonds is 0. The molecule has 3 rings (SSSR count). The molecule has 22 heavy (non-hydrogen) atoms. The summed E-state index contributed by atoms with van der Waals surface area (Å²) >= 11 is 0. The van der Waals surface area contributed by atoms with Crippen LogP contribution in [-0.4, -0.2) is 13.2 Å². The number of hydrogen-bond acceptors (Lipinski definition) is 2. The number of ether oxygens (including phenoxy) is 2. The molecule has 0 saturated carbocycles. The highest BCUT2D eigenvalue weighted by atomic mass is 16.5. The van der Waals surface area contributed by atoms with Crippen LogP contribution in [0.2, 0.25) is 0 Å². The van der Waals surface area contributed by atoms with E-state index in [1.165, 1.54) is 11.1 Å². The van der Waals surface area contributed by atoms with Gasteiger partial charge in [0.2, 0.25) is 0 Å². The van der Waals surface area contributed by atoms with Gasteiger partial charge in [-0.15, -0.1) is 0 Å². The molecule has 0 aliphatic carbocycles. The van der Waals surface area contributed by atoms with Crippen molar-refractivity contribution in [3.8, 4) is 11.5 Å². The van der Waals surface area contributed by atoms with Crippen LogP contribution < -0.4 is 9.47 Å². The SMILES string of the molecule is C1=C/Cc2ccccc2OCCCCOc2ccccc2C/1. The smallest absolute Gasteiger partial charge is 0.122 e. The summed E-state index contributed by atoms with van der Waals surface area (Å²) in [6.07, 6.45) is 8.24. The molecule has 0 radical (unpaired) electrons. The first kappa shape index (κ1) is 14.7. The Morgan fingerprint density at radius 3 is 1.55 bits per heavy atom. The summed E-state index contributed by atoms with van der Waals surface area (Å²) < 4.78 is 11.8. The van der Waals surface area contributed by atoms with Crippen LogP contribution in [0.25, 0.3) is 0 Å². The van der Waals surface area contributed by atoms with Crippen molar-refractivity contribution in [3.05, 3.63) is 71.8 Å². The molecule has 0 spiro atoms. The van der Waals surface area contributed by atoms with E-state index in [2.05, 4.69) is 48.6 Å². The van der Waals surface area contributed by atoms with E-state index in [4.69, 9.17) is 9.47 Å². The Balaban J connectivity index is 1.78. The van der Waals surface area contributed by atoms with Gasteiger partial charge in [-0.3, -0.25) is 0 Å². The highest BCUT2D eigenvalue weighted by Crippen LogP contribution is 2.22. The fraction of sp³-hybridized carbons (Fsp3) is 0.300. The summed E-state index contributed by atoms with van der Waals surface area (Å²) in [5, 5.41) is 0. The summed E-state index contributed by atoms with van der Waals surface area (Å²) in [5.41, 5.74) is 2.50. The Hall–Kier alpha value is -2.22. The fourth-order valence-corrected chi connectivity index (χ4v) is 2.62. The van der Waals surface area contributed by atoms with Crippen molar-refractivity contribution in [2.75, 3.05) is 13.2 Å². The number of para-hydroxylation sites is 2. The van der Waals surface area contributed by atoms with Crippen LogP contribution in [0.15, 0.2) is 60.7 Å². The van der Waals surface area contributed by atoms with Crippen molar-refractivity contribution < 1.29 is 9.47 Å². The normalized spacial score (nSPS) is 17.1. The predicted molar refractivity (Wildman–Crippen MR) is 89.7 cm³/mol. The molecule has 114 valence electrons. The van der Waals surface area contributed by atoms with Crippen LogP contribution in [0.1, 0.15) is 24.0 Å². The number of benzene rings is 2. The molecule has 2 heteroatoms. The zero-order valence-corrected chi connectivity index (χ0v) is 12.8. The zero-order chi connectivity index (χ0) is 15.0. The molecule has 0 amide bonds. The minimum Gasteiger partial charge on any atom is -0.493 e. The van der Waals surface area contributed by atoms with Crippen LogP contribution in [0.4, 0.5) is 0 Å². The maximum absolute atomic E-state index is 5.91. The van der Waals surface area contributed by atoms with Gasteiger partial charge in [0, 0.05) is 0 Å². The second kappa shape index (κ2) is 7.69. The predicted octanol–water partition coefficient (Wildman–Crippen LogP) is 4.58. The first-order chi connectivity index (χ1) is 10.9. The third-order valence-electron chi connectivity index (χ3n) is 3.84. The van der Waals surface area contributed by atoms with Gasteiger partial charge in [0.25, 0.3) is 0 Å². The van der Waals surface area contributed by atoms with Gasteiger partial charge >= 0.3 is 0 Å². The molecule has 0 bridgehead atoms. The molecule has 0 fully saturated rings. The van der Waals surface area contributed by atoms with Crippen molar-refractivity contribution >= 4 is 0 Å². The first-order valence-corrected chi connectivity index (χ1v) is 8.00. The lowest BCUT2D eigenvalue weighted by atomic mass is 10.1. The molecule has 1 aliphatic rings. The van der Waals surface area contributed by atoms with Crippen molar-refractivity contribution in [1.82, 2.24) is 0 Å². The van der Waals surface area contributed by atoms with E-state index >= 15 is 0 Å². The quantitative estimate of drug-likeness (QED) is 0.662. The van der Waals surface area contributed by atoms with E-state index in [0.29, 0.717) is 0 Å². The second-order valence-electron chi connectivity index (χ2n) is 5.50. The van der Waals surface area contributed by atoms with Crippen LogP contribution in [-0.2, 0) is 12.8 Å². The standard InChI is InChI=1S/C20H22O2/c1-2-10-18-12-4-6-14-20(18)22-16-8-7-15-21-19-13-5-3-11-17(19)9-1/h1-6,11-14H,7-10,15-16H2/b2-1+. The Morgan fingerprint density at radius 2 is 1.05 bits per heavy atom. The number of allylic oxidation sites excluding steroid dienone is 2. The summed E-state index contributed by atoms with van der Waals surface area (Å²) in [6.45, 7) is 1.48. The van der Waals surface area contributed by atoms with Gasteiger partial charge in [0.05, 0.1) is 13.2 Å². The minimum atomic E-state index is 0.742. The molecule has 2 nitrogen and oxygen atoms in total. The van der Waals surface area contributed by atoms with E-state index in [9.17, 15) is 0 Å². The highest BCUT2D eigenvalue weighted by Gasteiger charge is 2.04. The zero-order valence-electron chi connectivity index (χ0n) is 12.8. The molecule has 0 unspecified atom stereocenters. The molecular formula is C20H22O2. The van der Waals surface area contributed by atoms with Crippen LogP contribution >= 0.6 is 0 Å². The van der Waals surface area contributed by atoms with E-state index in [0.717, 1.165) is 50.4 Å². The van der Waals surface area contributed by atoms with E-state index in [1.807, 2.05) is 12.1 Å². The molecule has 0 saturated heterocycles. The average Bonchev–Trinajstić information content (AvgIpc) is 2.56. The third-order valence-corrected chi connectivity index (χ3v) is 3.84. The lowest BCUT2D eigenvalue weighted by Gasteiger charge is -2.13. The Labute approximate surface area is 132 Å². The monoisotopic (exact) mass is 294 g/mol. The molecule has 2 aromatic carbocycles. The topological polar surface area (TPSA) is 18.5 Å². The first-order valence-electron chi connectivity index (χ1n) is 8.00. The fourth-order valence-electron chi connectivity index (χ4n) is 2.62. The lowest BCUT2D eigenvalue weighted by molar-refractivity contribution is 0.264. The minimum absolute atomic E-state index is 0.742. The molecule has 0 N–H and O–H groups in total. The van der Waals surface area contributed by atoms with Crippen molar-refractivity contribution in [3.63, 3.8) is 0 Å². The molecule has 2 aromatic rings. The summed E-state index contributed by atoms with van der Waals surface area (Å²) in [5.74, 6) is 2.01. The van der Waals surface area contributed by atoms with E-state index in [1.54, 1.807) is 0 Å². The Morgan fingerprint density at radius 1 is 0.591 bits per heavy atom. The largest absolute Gasteiger partial charge is 0.493 e. The van der Waals surface area contributed by atoms with Gasteiger partial charge in [0.1, 0.15) is 11.5 Å². The van der Waals surface area contributed by atoms with Crippen molar-refractivity contribution in [2.24, 2.45) is 0 Å². The van der Waals surface area contributed by atoms with Crippen LogP contribution in [0.5, 0.6) is 11.5 Å². The molecular weight excluding hydrogens is 272 g/mol. The summed E-state index contributed by atoms with van der Waals surface area (Å²) in [6, 6.07) is 16.6. The van der Waals surface area contributed by atoms with Crippen LogP contribution in [0, 0.1) is 0 Å². The molecule has 0 atom stereocenters. The highest BCUT2D eigenvalue weighted by molar-refractivity contribution is 5.36. The Bertz CT molecular complexity index is 576. The van der Waals surface area contributed by atoms with E-state index < -0.39 is 0 Å². The van der Waals surface area contributed by atoms with Gasteiger partial charge < -0.3 is 9.47 Å². The van der Waals surface area contributed by atoms with Crippen molar-refractivity contribution in [1.29, 1.82) is 0 Å². The average molecular weight is 294 g/mol. The van der Waals surface area contributed by atoms with Crippen molar-refractivity contribution in [2.45, 2.75) is 25.7 Å². The third kappa shape index (κ3) is 3.91. The van der Waals surface area contributed by atoms with Gasteiger partial charge in [-0.1, -0.05) is 48.6 Å². The second-order valence-corrected chi connectivity index (χ2v) is 5.50. The lowest BCUT2D eigenvalue weighted by Crippen LogP contribution is -2.05. The maximum Gasteiger partial charge on any atom is 0.122 e. The van der Waals surface area contributed by atoms with Gasteiger partial charge in [-0.2, -0.15) is 0 Å². The van der Waals surface area contributed by atoms with Gasteiger partial charge in [0.15, 0.2) is 0 Å². The summed E-state index contributed by atoms with van der Waals surface area (Å²) in [7, 11) is 0. The maximum atomic E-state index is 5.91. The Kier molecular flexibility index (Phi) is 5.14.